The Bertz CT molecular complexity index is 933. The fourth-order valence-corrected chi connectivity index (χ4v) is 4.74. The number of carbonyl (C=O) groups is 2. The average Bonchev–Trinajstić information content (AvgIpc) is 3.38. The summed E-state index contributed by atoms with van der Waals surface area (Å²) in [5.41, 5.74) is 6.15. The van der Waals surface area contributed by atoms with Crippen LogP contribution in [0, 0.1) is 12.3 Å². The zero-order valence-electron chi connectivity index (χ0n) is 19.8. The van der Waals surface area contributed by atoms with Crippen LogP contribution < -0.4 is 15.6 Å². The molecule has 1 fully saturated rings. The summed E-state index contributed by atoms with van der Waals surface area (Å²) in [7, 11) is 0. The van der Waals surface area contributed by atoms with Crippen molar-refractivity contribution in [3.8, 4) is 16.2 Å². The lowest BCUT2D eigenvalue weighted by molar-refractivity contribution is -0.144. The van der Waals surface area contributed by atoms with E-state index in [-0.39, 0.29) is 29.3 Å². The lowest BCUT2D eigenvalue weighted by Gasteiger charge is -2.36. The first-order valence-electron chi connectivity index (χ1n) is 11.1. The Kier molecular flexibility index (Phi) is 7.56. The number of amides is 2. The second-order valence-electron chi connectivity index (χ2n) is 9.67. The van der Waals surface area contributed by atoms with E-state index in [0.717, 1.165) is 22.6 Å². The number of likely N-dealkylation sites (tertiary alicyclic amines) is 1. The number of rotatable bonds is 7. The third-order valence-electron chi connectivity index (χ3n) is 5.58. The highest BCUT2D eigenvalue weighted by molar-refractivity contribution is 7.13. The van der Waals surface area contributed by atoms with Gasteiger partial charge in [0.1, 0.15) is 6.04 Å². The molecule has 0 radical (unpaired) electrons. The maximum atomic E-state index is 13.3. The van der Waals surface area contributed by atoms with E-state index in [1.54, 1.807) is 16.2 Å². The highest BCUT2D eigenvalue weighted by Crippen LogP contribution is 2.29. The van der Waals surface area contributed by atoms with Gasteiger partial charge in [-0.3, -0.25) is 9.59 Å². The maximum absolute atomic E-state index is 13.3. The average molecular weight is 459 g/mol. The van der Waals surface area contributed by atoms with Crippen LogP contribution in [0.25, 0.3) is 10.4 Å². The van der Waals surface area contributed by atoms with E-state index in [2.05, 4.69) is 15.8 Å². The highest BCUT2D eigenvalue weighted by Gasteiger charge is 2.41. The van der Waals surface area contributed by atoms with Crippen LogP contribution in [0.4, 0.5) is 0 Å². The smallest absolute Gasteiger partial charge is 0.275 e. The van der Waals surface area contributed by atoms with Gasteiger partial charge in [0.15, 0.2) is 5.75 Å². The van der Waals surface area contributed by atoms with Crippen LogP contribution in [0.2, 0.25) is 0 Å². The van der Waals surface area contributed by atoms with Gasteiger partial charge in [-0.2, -0.15) is 5.48 Å². The van der Waals surface area contributed by atoms with Crippen LogP contribution >= 0.6 is 11.3 Å². The zero-order chi connectivity index (χ0) is 23.5. The van der Waals surface area contributed by atoms with Crippen molar-refractivity contribution in [2.75, 3.05) is 6.54 Å². The van der Waals surface area contributed by atoms with Gasteiger partial charge in [-0.25, -0.2) is 4.98 Å². The number of nitrogens with zero attached hydrogens (tertiary/aromatic N) is 2. The van der Waals surface area contributed by atoms with Crippen molar-refractivity contribution in [1.29, 1.82) is 0 Å². The van der Waals surface area contributed by atoms with Crippen molar-refractivity contribution in [1.82, 2.24) is 20.7 Å². The van der Waals surface area contributed by atoms with Gasteiger partial charge in [-0.1, -0.05) is 34.6 Å². The topological polar surface area (TPSA) is 83.6 Å². The molecule has 1 aromatic heterocycles. The van der Waals surface area contributed by atoms with E-state index in [9.17, 15) is 9.59 Å². The Labute approximate surface area is 194 Å². The first-order chi connectivity index (χ1) is 15.1. The summed E-state index contributed by atoms with van der Waals surface area (Å²) in [5.74, 6) is 0.206. The molecule has 0 spiro atoms. The van der Waals surface area contributed by atoms with E-state index in [0.29, 0.717) is 18.7 Å². The molecule has 2 unspecified atom stereocenters. The Morgan fingerprint density at radius 1 is 1.22 bits per heavy atom. The van der Waals surface area contributed by atoms with Crippen LogP contribution in [0.15, 0.2) is 29.8 Å². The molecule has 0 aliphatic carbocycles. The number of benzene rings is 1. The predicted octanol–water partition coefficient (Wildman–Crippen LogP) is 3.93. The van der Waals surface area contributed by atoms with Crippen molar-refractivity contribution < 1.29 is 14.4 Å². The van der Waals surface area contributed by atoms with Gasteiger partial charge in [0.25, 0.3) is 5.91 Å². The molecule has 2 heterocycles. The molecule has 2 atom stereocenters. The molecule has 0 saturated carbocycles. The van der Waals surface area contributed by atoms with Gasteiger partial charge in [0, 0.05) is 12.6 Å². The van der Waals surface area contributed by atoms with Gasteiger partial charge in [-0.05, 0) is 55.0 Å². The van der Waals surface area contributed by atoms with Crippen molar-refractivity contribution in [3.63, 3.8) is 0 Å². The molecule has 2 aromatic rings. The molecular weight excluding hydrogens is 424 g/mol. The molecule has 174 valence electrons. The number of hydroxylamine groups is 1. The first-order valence-corrected chi connectivity index (χ1v) is 12.0. The lowest BCUT2D eigenvalue weighted by atomic mass is 9.85. The fourth-order valence-electron chi connectivity index (χ4n) is 3.92. The molecule has 32 heavy (non-hydrogen) atoms. The molecule has 2 amide bonds. The number of carbonyl (C=O) groups excluding carboxylic acids is 2. The Morgan fingerprint density at radius 2 is 1.91 bits per heavy atom. The van der Waals surface area contributed by atoms with Crippen molar-refractivity contribution >= 4 is 23.2 Å². The van der Waals surface area contributed by atoms with Crippen LogP contribution in [0.3, 0.4) is 0 Å². The lowest BCUT2D eigenvalue weighted by Crippen LogP contribution is -2.57. The summed E-state index contributed by atoms with van der Waals surface area (Å²) in [5, 5.41) is 3.38. The van der Waals surface area contributed by atoms with E-state index in [4.69, 9.17) is 4.84 Å². The first kappa shape index (κ1) is 24.2. The summed E-state index contributed by atoms with van der Waals surface area (Å²) in [6.07, 6.45) is 1.42. The minimum atomic E-state index is -0.527. The van der Waals surface area contributed by atoms with Gasteiger partial charge in [0.05, 0.1) is 22.1 Å². The molecule has 7 nitrogen and oxygen atoms in total. The number of aryl methyl sites for hydroxylation is 1. The molecule has 1 aliphatic rings. The van der Waals surface area contributed by atoms with Crippen LogP contribution in [0.1, 0.15) is 53.2 Å². The number of thiazole rings is 1. The number of aromatic nitrogens is 1. The molecule has 3 rings (SSSR count). The largest absolute Gasteiger partial charge is 0.379 e. The van der Waals surface area contributed by atoms with E-state index < -0.39 is 6.04 Å². The minimum Gasteiger partial charge on any atom is -0.379 e. The summed E-state index contributed by atoms with van der Waals surface area (Å²) >= 11 is 1.59. The van der Waals surface area contributed by atoms with Crippen LogP contribution in [-0.4, -0.2) is 46.4 Å². The van der Waals surface area contributed by atoms with Gasteiger partial charge in [-0.15, -0.1) is 11.3 Å². The quantitative estimate of drug-likeness (QED) is 0.614. The number of nitrogens with one attached hydrogen (secondary N) is 2. The maximum Gasteiger partial charge on any atom is 0.275 e. The summed E-state index contributed by atoms with van der Waals surface area (Å²) in [6.45, 7) is 12.7. The van der Waals surface area contributed by atoms with Gasteiger partial charge in [0.2, 0.25) is 5.91 Å². The van der Waals surface area contributed by atoms with E-state index in [1.807, 2.05) is 71.3 Å². The highest BCUT2D eigenvalue weighted by atomic mass is 32.1. The molecule has 1 saturated heterocycles. The summed E-state index contributed by atoms with van der Waals surface area (Å²) < 4.78 is 0. The zero-order valence-corrected chi connectivity index (χ0v) is 20.6. The van der Waals surface area contributed by atoms with E-state index >= 15 is 0 Å². The Morgan fingerprint density at radius 3 is 2.47 bits per heavy atom. The number of hydrogen-bond acceptors (Lipinski definition) is 6. The molecule has 0 bridgehead atoms. The Hall–Kier alpha value is -2.45. The van der Waals surface area contributed by atoms with Gasteiger partial charge >= 0.3 is 0 Å². The second-order valence-corrected chi connectivity index (χ2v) is 10.5. The van der Waals surface area contributed by atoms with E-state index in [1.165, 1.54) is 0 Å². The molecular formula is C24H34N4O3S. The standard InChI is InChI=1S/C24H34N4O3S/c1-15(2)26-21(24(4,5)6)23(30)28-13-7-8-19(28)22(29)27-31-18-11-9-17(10-12-18)20-16(3)25-14-32-20/h9-12,14-15,19,21,26H,7-8,13H2,1-6H3,(H,27,29). The molecule has 2 N–H and O–H groups in total. The summed E-state index contributed by atoms with van der Waals surface area (Å²) in [6, 6.07) is 6.79. The molecule has 1 aromatic carbocycles. The third-order valence-corrected chi connectivity index (χ3v) is 6.56. The normalized spacial score (nSPS) is 17.5. The van der Waals surface area contributed by atoms with Crippen molar-refractivity contribution in [3.05, 3.63) is 35.5 Å². The van der Waals surface area contributed by atoms with Crippen LogP contribution in [0.5, 0.6) is 5.75 Å². The monoisotopic (exact) mass is 458 g/mol. The van der Waals surface area contributed by atoms with Gasteiger partial charge < -0.3 is 15.1 Å². The Balaban J connectivity index is 1.63. The summed E-state index contributed by atoms with van der Waals surface area (Å²) in [4.78, 5) is 38.8. The van der Waals surface area contributed by atoms with Crippen molar-refractivity contribution in [2.45, 2.75) is 72.5 Å². The fraction of sp³-hybridized carbons (Fsp3) is 0.542. The molecule has 1 aliphatic heterocycles. The minimum absolute atomic E-state index is 0.0341. The second kappa shape index (κ2) is 10.0. The van der Waals surface area contributed by atoms with Crippen LogP contribution in [-0.2, 0) is 9.59 Å². The van der Waals surface area contributed by atoms with Crippen molar-refractivity contribution in [2.24, 2.45) is 5.41 Å². The number of hydrogen-bond donors (Lipinski definition) is 2. The SMILES string of the molecule is Cc1ncsc1-c1ccc(ONC(=O)C2CCCN2C(=O)C(NC(C)C)C(C)(C)C)cc1. The third kappa shape index (κ3) is 5.66. The molecule has 8 heteroatoms. The predicted molar refractivity (Wildman–Crippen MR) is 127 cm³/mol.